The number of carboxylic acids is 3. The van der Waals surface area contributed by atoms with Crippen LogP contribution in [-0.4, -0.2) is 99.1 Å². The minimum atomic E-state index is -1.40. The molecule has 0 fully saturated rings. The van der Waals surface area contributed by atoms with Gasteiger partial charge >= 0.3 is 17.9 Å². The van der Waals surface area contributed by atoms with Crippen LogP contribution in [0.25, 0.3) is 0 Å². The number of nitrogens with one attached hydrogen (secondary N) is 3. The van der Waals surface area contributed by atoms with Crippen molar-refractivity contribution in [3.05, 3.63) is 0 Å². The number of amides is 3. The molecular weight excluding hydrogens is 492 g/mol. The molecule has 0 spiro atoms. The quantitative estimate of drug-likeness (QED) is 0.111. The van der Waals surface area contributed by atoms with Crippen molar-refractivity contribution in [2.45, 2.75) is 56.3 Å². The molecule has 15 heteroatoms. The summed E-state index contributed by atoms with van der Waals surface area (Å²) >= 11 is 2.75. The molecule has 0 aliphatic rings. The number of rotatable bonds is 18. The molecule has 3 amide bonds. The Hall–Kier alpha value is -2.52. The van der Waals surface area contributed by atoms with Crippen molar-refractivity contribution in [1.82, 2.24) is 16.0 Å². The SMILES string of the molecule is CSCCC(NC(=O)C(CCC(=O)O)NC(=O)C(CCSC)NC(=O)C(N)CC(=O)O)C(=O)O. The second kappa shape index (κ2) is 17.0. The Morgan fingerprint density at radius 1 is 0.706 bits per heavy atom. The fourth-order valence-corrected chi connectivity index (χ4v) is 3.58. The number of carboxylic acid groups (broad SMARTS) is 3. The van der Waals surface area contributed by atoms with Crippen molar-refractivity contribution >= 4 is 59.2 Å². The zero-order valence-corrected chi connectivity index (χ0v) is 20.6. The van der Waals surface area contributed by atoms with Gasteiger partial charge in [0.15, 0.2) is 0 Å². The summed E-state index contributed by atoms with van der Waals surface area (Å²) in [7, 11) is 0. The summed E-state index contributed by atoms with van der Waals surface area (Å²) < 4.78 is 0. The van der Waals surface area contributed by atoms with Gasteiger partial charge in [0.1, 0.15) is 18.1 Å². The van der Waals surface area contributed by atoms with E-state index in [1.54, 1.807) is 12.5 Å². The van der Waals surface area contributed by atoms with E-state index in [1.807, 2.05) is 0 Å². The summed E-state index contributed by atoms with van der Waals surface area (Å²) in [6.45, 7) is 0. The van der Waals surface area contributed by atoms with Gasteiger partial charge in [0.25, 0.3) is 0 Å². The highest BCUT2D eigenvalue weighted by atomic mass is 32.2. The predicted molar refractivity (Wildman–Crippen MR) is 127 cm³/mol. The van der Waals surface area contributed by atoms with Crippen LogP contribution in [0.2, 0.25) is 0 Å². The summed E-state index contributed by atoms with van der Waals surface area (Å²) in [6.07, 6.45) is 2.32. The van der Waals surface area contributed by atoms with Crippen LogP contribution in [0.15, 0.2) is 0 Å². The van der Waals surface area contributed by atoms with Crippen LogP contribution >= 0.6 is 23.5 Å². The molecule has 194 valence electrons. The smallest absolute Gasteiger partial charge is 0.326 e. The lowest BCUT2D eigenvalue weighted by atomic mass is 10.1. The van der Waals surface area contributed by atoms with Crippen LogP contribution < -0.4 is 21.7 Å². The van der Waals surface area contributed by atoms with Crippen LogP contribution in [0.1, 0.15) is 32.1 Å². The van der Waals surface area contributed by atoms with E-state index in [9.17, 15) is 33.9 Å². The number of hydrogen-bond acceptors (Lipinski definition) is 9. The molecule has 0 aliphatic heterocycles. The third-order valence-electron chi connectivity index (χ3n) is 4.48. The lowest BCUT2D eigenvalue weighted by molar-refractivity contribution is -0.143. The number of carbonyl (C=O) groups excluding carboxylic acids is 3. The molecule has 0 aromatic rings. The first-order valence-electron chi connectivity index (χ1n) is 10.2. The predicted octanol–water partition coefficient (Wildman–Crippen LogP) is -1.30. The Morgan fingerprint density at radius 2 is 1.15 bits per heavy atom. The molecule has 0 aliphatic carbocycles. The van der Waals surface area contributed by atoms with E-state index < -0.39 is 72.6 Å². The van der Waals surface area contributed by atoms with Gasteiger partial charge in [0.2, 0.25) is 17.7 Å². The molecule has 0 radical (unpaired) electrons. The van der Waals surface area contributed by atoms with E-state index in [1.165, 1.54) is 23.5 Å². The van der Waals surface area contributed by atoms with Crippen LogP contribution in [0.4, 0.5) is 0 Å². The third-order valence-corrected chi connectivity index (χ3v) is 5.77. The van der Waals surface area contributed by atoms with E-state index in [2.05, 4.69) is 16.0 Å². The fraction of sp³-hybridized carbons (Fsp3) is 0.684. The van der Waals surface area contributed by atoms with E-state index in [0.717, 1.165) is 0 Å². The van der Waals surface area contributed by atoms with E-state index in [4.69, 9.17) is 15.9 Å². The molecule has 0 aromatic heterocycles. The maximum atomic E-state index is 12.8. The van der Waals surface area contributed by atoms with Crippen LogP contribution in [0.5, 0.6) is 0 Å². The summed E-state index contributed by atoms with van der Waals surface area (Å²) in [6, 6.07) is -5.18. The van der Waals surface area contributed by atoms with Crippen LogP contribution in [0.3, 0.4) is 0 Å². The van der Waals surface area contributed by atoms with E-state index in [-0.39, 0.29) is 19.3 Å². The average Bonchev–Trinajstić information content (AvgIpc) is 2.75. The third kappa shape index (κ3) is 13.3. The lowest BCUT2D eigenvalue weighted by Crippen LogP contribution is -2.57. The van der Waals surface area contributed by atoms with Crippen molar-refractivity contribution in [3.63, 3.8) is 0 Å². The van der Waals surface area contributed by atoms with E-state index in [0.29, 0.717) is 11.5 Å². The maximum Gasteiger partial charge on any atom is 0.326 e. The average molecular weight is 525 g/mol. The van der Waals surface area contributed by atoms with Gasteiger partial charge in [-0.3, -0.25) is 24.0 Å². The first kappa shape index (κ1) is 31.5. The fourth-order valence-electron chi connectivity index (χ4n) is 2.64. The molecule has 0 saturated heterocycles. The largest absolute Gasteiger partial charge is 0.481 e. The Bertz CT molecular complexity index is 739. The van der Waals surface area contributed by atoms with Gasteiger partial charge in [-0.25, -0.2) is 4.79 Å². The standard InChI is InChI=1S/C19H32N4O9S2/c1-33-7-5-12(21-16(28)10(20)9-15(26)27)18(30)22-11(3-4-14(24)25)17(29)23-13(19(31)32)6-8-34-2/h10-13H,3-9,20H2,1-2H3,(H,21,28)(H,22,30)(H,23,29)(H,24,25)(H,26,27)(H,31,32). The van der Waals surface area contributed by atoms with Gasteiger partial charge in [-0.05, 0) is 43.3 Å². The number of thioether (sulfide) groups is 2. The van der Waals surface area contributed by atoms with Gasteiger partial charge < -0.3 is 37.0 Å². The van der Waals surface area contributed by atoms with Crippen molar-refractivity contribution < 1.29 is 44.1 Å². The zero-order chi connectivity index (χ0) is 26.3. The number of nitrogens with two attached hydrogens (primary N) is 1. The summed E-state index contributed by atoms with van der Waals surface area (Å²) in [5, 5.41) is 34.1. The highest BCUT2D eigenvalue weighted by molar-refractivity contribution is 7.98. The molecule has 4 unspecified atom stereocenters. The number of aliphatic carboxylic acids is 3. The van der Waals surface area contributed by atoms with Gasteiger partial charge in [-0.2, -0.15) is 23.5 Å². The molecule has 0 aromatic carbocycles. The number of carbonyl (C=O) groups is 6. The van der Waals surface area contributed by atoms with Crippen molar-refractivity contribution in [3.8, 4) is 0 Å². The van der Waals surface area contributed by atoms with Gasteiger partial charge in [0, 0.05) is 6.42 Å². The summed E-state index contributed by atoms with van der Waals surface area (Å²) in [5.74, 6) is -5.49. The molecule has 13 nitrogen and oxygen atoms in total. The first-order chi connectivity index (χ1) is 15.9. The molecule has 4 atom stereocenters. The number of hydrogen-bond donors (Lipinski definition) is 7. The lowest BCUT2D eigenvalue weighted by Gasteiger charge is -2.25. The van der Waals surface area contributed by atoms with Crippen molar-refractivity contribution in [1.29, 1.82) is 0 Å². The Labute approximate surface area is 205 Å². The van der Waals surface area contributed by atoms with Crippen LogP contribution in [-0.2, 0) is 28.8 Å². The van der Waals surface area contributed by atoms with Crippen molar-refractivity contribution in [2.24, 2.45) is 5.73 Å². The van der Waals surface area contributed by atoms with E-state index >= 15 is 0 Å². The summed E-state index contributed by atoms with van der Waals surface area (Å²) in [4.78, 5) is 70.9. The minimum absolute atomic E-state index is 0.121. The van der Waals surface area contributed by atoms with Crippen molar-refractivity contribution in [2.75, 3.05) is 24.0 Å². The Morgan fingerprint density at radius 3 is 1.59 bits per heavy atom. The maximum absolute atomic E-state index is 12.8. The first-order valence-corrected chi connectivity index (χ1v) is 13.0. The second-order valence-electron chi connectivity index (χ2n) is 7.22. The van der Waals surface area contributed by atoms with Gasteiger partial charge in [-0.15, -0.1) is 0 Å². The monoisotopic (exact) mass is 524 g/mol. The Kier molecular flexibility index (Phi) is 15.7. The Balaban J connectivity index is 5.50. The van der Waals surface area contributed by atoms with Gasteiger partial charge in [0.05, 0.1) is 12.5 Å². The second-order valence-corrected chi connectivity index (χ2v) is 9.19. The normalized spacial score (nSPS) is 14.2. The molecule has 8 N–H and O–H groups in total. The summed E-state index contributed by atoms with van der Waals surface area (Å²) in [5.41, 5.74) is 5.53. The molecule has 34 heavy (non-hydrogen) atoms. The molecule has 0 bridgehead atoms. The molecule has 0 heterocycles. The topological polar surface area (TPSA) is 225 Å². The van der Waals surface area contributed by atoms with Gasteiger partial charge in [-0.1, -0.05) is 0 Å². The highest BCUT2D eigenvalue weighted by Gasteiger charge is 2.30. The molecule has 0 saturated carbocycles. The highest BCUT2D eigenvalue weighted by Crippen LogP contribution is 2.07. The molecule has 0 rings (SSSR count). The van der Waals surface area contributed by atoms with Crippen LogP contribution in [0, 0.1) is 0 Å². The minimum Gasteiger partial charge on any atom is -0.481 e. The molecular formula is C19H32N4O9S2. The zero-order valence-electron chi connectivity index (χ0n) is 18.9.